The second-order valence-corrected chi connectivity index (χ2v) is 12.3. The fourth-order valence-electron chi connectivity index (χ4n) is 6.30. The van der Waals surface area contributed by atoms with Crippen LogP contribution in [0.4, 0.5) is 0 Å². The molecule has 0 amide bonds. The number of hydrazine groups is 13. The van der Waals surface area contributed by atoms with Crippen LogP contribution in [-0.4, -0.2) is 199 Å². The number of ether oxygens (including phenoxy) is 2. The Morgan fingerprint density at radius 3 is 2.47 bits per heavy atom. The number of nitrogens with one attached hydrogen (secondary N) is 2. The maximum Gasteiger partial charge on any atom is 0.469 e. The number of rotatable bonds is 4. The third kappa shape index (κ3) is 4.54. The molecule has 0 aromatic carbocycles. The number of phosphoric acid groups is 1. The standard InChI is InChI=1S/C15H30B3N13O11P/c1-21-22(2)31-30(21)27(17-13-10(33)9(32)7(40-13)3-38-31)15-18(16)14-11(34)12(8(41-14)4-39-43(35,36)37)42-26-6-25-24(5-23(15)26)28-19-20-29(25)28/h7-15,19-20,32-34H,3-6H2,1-2H3,(H2,35,36,37)/t7?,8?,9?,10?,11?,12?,13?,14?,15-/m0/s1. The Balaban J connectivity index is 1.17. The first-order valence-corrected chi connectivity index (χ1v) is 15.0. The van der Waals surface area contributed by atoms with Gasteiger partial charge < -0.3 is 34.6 Å². The molecule has 9 atom stereocenters. The summed E-state index contributed by atoms with van der Waals surface area (Å²) < 4.78 is 28.2. The van der Waals surface area contributed by atoms with Gasteiger partial charge in [0.2, 0.25) is 0 Å². The van der Waals surface area contributed by atoms with Gasteiger partial charge in [0.05, 0.1) is 24.7 Å². The molecule has 8 unspecified atom stereocenters. The molecule has 0 spiro atoms. The zero-order chi connectivity index (χ0) is 30.1. The molecule has 8 aliphatic heterocycles. The average Bonchev–Trinajstić information content (AvgIpc) is 3.43. The molecule has 24 nitrogen and oxygen atoms in total. The van der Waals surface area contributed by atoms with Crippen molar-refractivity contribution in [3.8, 4) is 0 Å². The highest BCUT2D eigenvalue weighted by Gasteiger charge is 2.63. The third-order valence-electron chi connectivity index (χ3n) is 8.60. The highest BCUT2D eigenvalue weighted by molar-refractivity contribution is 7.46. The maximum absolute atomic E-state index is 11.5. The molecule has 7 N–H and O–H groups in total. The van der Waals surface area contributed by atoms with E-state index in [1.807, 2.05) is 5.12 Å². The molecular weight excluding hydrogens is 602 g/mol. The summed E-state index contributed by atoms with van der Waals surface area (Å²) in [6.07, 6.45) is -6.86. The van der Waals surface area contributed by atoms with Crippen molar-refractivity contribution in [3.63, 3.8) is 0 Å². The van der Waals surface area contributed by atoms with Crippen molar-refractivity contribution < 1.29 is 53.3 Å². The van der Waals surface area contributed by atoms with Gasteiger partial charge >= 0.3 is 7.82 Å². The van der Waals surface area contributed by atoms with Gasteiger partial charge in [0, 0.05) is 21.8 Å². The lowest BCUT2D eigenvalue weighted by atomic mass is 9.26. The van der Waals surface area contributed by atoms with Crippen LogP contribution in [0.3, 0.4) is 0 Å². The van der Waals surface area contributed by atoms with E-state index >= 15 is 0 Å². The Morgan fingerprint density at radius 2 is 1.77 bits per heavy atom. The first kappa shape index (κ1) is 29.9. The smallest absolute Gasteiger partial charge is 0.388 e. The van der Waals surface area contributed by atoms with Crippen LogP contribution in [-0.2, 0) is 28.2 Å². The van der Waals surface area contributed by atoms with Crippen LogP contribution in [0.1, 0.15) is 0 Å². The number of aliphatic hydroxyl groups is 3. The molecule has 8 saturated heterocycles. The minimum absolute atomic E-state index is 0.0691. The van der Waals surface area contributed by atoms with Crippen LogP contribution in [0, 0.1) is 0 Å². The van der Waals surface area contributed by atoms with Gasteiger partial charge in [-0.3, -0.25) is 14.2 Å². The van der Waals surface area contributed by atoms with E-state index in [1.165, 1.54) is 10.5 Å². The minimum atomic E-state index is -4.86. The summed E-state index contributed by atoms with van der Waals surface area (Å²) in [7, 11) is 7.14. The summed E-state index contributed by atoms with van der Waals surface area (Å²) in [4.78, 5) is 32.5. The third-order valence-corrected chi connectivity index (χ3v) is 9.08. The van der Waals surface area contributed by atoms with E-state index in [0.717, 1.165) is 0 Å². The Morgan fingerprint density at radius 1 is 1.05 bits per heavy atom. The van der Waals surface area contributed by atoms with E-state index in [4.69, 9.17) is 31.4 Å². The first-order chi connectivity index (χ1) is 20.4. The first-order valence-electron chi connectivity index (χ1n) is 13.4. The molecular formula is C15H30B3N13O11P. The quantitative estimate of drug-likeness (QED) is 0.113. The maximum atomic E-state index is 11.5. The Kier molecular flexibility index (Phi) is 7.30. The second-order valence-electron chi connectivity index (χ2n) is 11.0. The number of hydroxylamine groups is 1. The topological polar surface area (TPSA) is 224 Å². The predicted octanol–water partition coefficient (Wildman–Crippen LogP) is -8.26. The highest BCUT2D eigenvalue weighted by Crippen LogP contribution is 2.41. The number of hydrogen-bond acceptors (Lipinski definition) is 22. The monoisotopic (exact) mass is 632 g/mol. The average molecular weight is 632 g/mol. The minimum Gasteiger partial charge on any atom is -0.388 e. The molecule has 28 heteroatoms. The van der Waals surface area contributed by atoms with Crippen LogP contribution in [0.25, 0.3) is 0 Å². The largest absolute Gasteiger partial charge is 0.469 e. The van der Waals surface area contributed by atoms with Crippen molar-refractivity contribution >= 4 is 29.6 Å². The molecule has 43 heavy (non-hydrogen) atoms. The highest BCUT2D eigenvalue weighted by atomic mass is 31.2. The van der Waals surface area contributed by atoms with Crippen molar-refractivity contribution in [2.75, 3.05) is 40.6 Å². The second kappa shape index (κ2) is 10.5. The zero-order valence-electron chi connectivity index (χ0n) is 22.8. The summed E-state index contributed by atoms with van der Waals surface area (Å²) >= 11 is 0. The number of aliphatic hydroxyl groups excluding tert-OH is 3. The van der Waals surface area contributed by atoms with Crippen molar-refractivity contribution in [1.29, 1.82) is 0 Å². The number of fused-ring (bicyclic) bond motifs is 10. The van der Waals surface area contributed by atoms with Gasteiger partial charge in [0.15, 0.2) is 6.60 Å². The molecule has 0 aliphatic carbocycles. The molecule has 8 aliphatic rings. The SMILES string of the molecule is [B]B1C2OC(COP(=O)(O)O)C(ON3CN4N(CN3[C@H]1N1[B]C3OC(CON5N(C)N(C)N15)C(O)C3O)N1NNN41)C2O. The molecule has 8 heterocycles. The van der Waals surface area contributed by atoms with Gasteiger partial charge in [-0.2, -0.15) is 5.01 Å². The summed E-state index contributed by atoms with van der Waals surface area (Å²) in [5.74, 6) is 0. The Labute approximate surface area is 246 Å². The predicted molar refractivity (Wildman–Crippen MR) is 133 cm³/mol. The van der Waals surface area contributed by atoms with Gasteiger partial charge in [0.25, 0.3) is 7.41 Å². The fraction of sp³-hybridized carbons (Fsp3) is 1.00. The number of phosphoric ester groups is 1. The van der Waals surface area contributed by atoms with Gasteiger partial charge in [-0.15, -0.1) is 36.7 Å². The summed E-state index contributed by atoms with van der Waals surface area (Å²) in [5, 5.41) is 49.3. The fourth-order valence-corrected chi connectivity index (χ4v) is 6.64. The number of nitrogens with zero attached hydrogens (tertiary/aromatic N) is 11. The van der Waals surface area contributed by atoms with Crippen molar-refractivity contribution in [3.05, 3.63) is 0 Å². The summed E-state index contributed by atoms with van der Waals surface area (Å²) in [6.45, 7) is -1.48. The summed E-state index contributed by atoms with van der Waals surface area (Å²) in [5.41, 5.74) is 5.79. The van der Waals surface area contributed by atoms with Crippen LogP contribution in [0.5, 0.6) is 0 Å². The zero-order valence-corrected chi connectivity index (χ0v) is 23.7. The number of hydrogen-bond donors (Lipinski definition) is 7. The molecule has 4 bridgehead atoms. The van der Waals surface area contributed by atoms with E-state index in [0.29, 0.717) is 0 Å². The van der Waals surface area contributed by atoms with Crippen molar-refractivity contribution in [2.45, 2.75) is 54.7 Å². The lowest BCUT2D eigenvalue weighted by molar-refractivity contribution is -0.657. The van der Waals surface area contributed by atoms with Gasteiger partial charge in [-0.05, 0) is 15.7 Å². The normalized spacial score (nSPS) is 44.9. The van der Waals surface area contributed by atoms with Crippen LogP contribution in [0.2, 0.25) is 0 Å². The lowest BCUT2D eigenvalue weighted by Gasteiger charge is -2.69. The lowest BCUT2D eigenvalue weighted by Crippen LogP contribution is -2.98. The van der Waals surface area contributed by atoms with Crippen molar-refractivity contribution in [2.24, 2.45) is 0 Å². The van der Waals surface area contributed by atoms with E-state index in [-0.39, 0.29) is 19.9 Å². The van der Waals surface area contributed by atoms with Gasteiger partial charge in [-0.1, -0.05) is 5.23 Å². The van der Waals surface area contributed by atoms with E-state index in [9.17, 15) is 29.7 Å². The van der Waals surface area contributed by atoms with Crippen LogP contribution >= 0.6 is 7.82 Å². The van der Waals surface area contributed by atoms with Crippen LogP contribution in [0.15, 0.2) is 0 Å². The van der Waals surface area contributed by atoms with E-state index in [1.54, 1.807) is 62.5 Å². The molecule has 235 valence electrons. The van der Waals surface area contributed by atoms with Crippen molar-refractivity contribution in [1.82, 2.24) is 67.6 Å². The summed E-state index contributed by atoms with van der Waals surface area (Å²) in [6, 6.07) is -3.05. The molecule has 8 fully saturated rings. The Bertz CT molecular complexity index is 1160. The van der Waals surface area contributed by atoms with E-state index in [2.05, 4.69) is 11.1 Å². The van der Waals surface area contributed by atoms with E-state index < -0.39 is 75.7 Å². The molecule has 0 aromatic heterocycles. The molecule has 3 radical (unpaired) electrons. The van der Waals surface area contributed by atoms with Crippen LogP contribution < -0.4 is 11.1 Å². The Hall–Kier alpha value is -0.495. The molecule has 8 rings (SSSR count). The van der Waals surface area contributed by atoms with Gasteiger partial charge in [-0.25, -0.2) is 9.48 Å². The molecule has 0 saturated carbocycles. The van der Waals surface area contributed by atoms with Gasteiger partial charge in [0.1, 0.15) is 56.6 Å². The molecule has 0 aromatic rings.